The summed E-state index contributed by atoms with van der Waals surface area (Å²) < 4.78 is 6.50. The largest absolute Gasteiger partial charge is 0.455 e. The maximum absolute atomic E-state index is 6.50. The zero-order valence-electron chi connectivity index (χ0n) is 38.3. The van der Waals surface area contributed by atoms with E-state index in [1.807, 2.05) is 6.07 Å². The van der Waals surface area contributed by atoms with Crippen molar-refractivity contribution < 1.29 is 4.42 Å². The van der Waals surface area contributed by atoms with Crippen LogP contribution in [0.3, 0.4) is 0 Å². The summed E-state index contributed by atoms with van der Waals surface area (Å²) in [5, 5.41) is 2.29. The predicted molar refractivity (Wildman–Crippen MR) is 277 cm³/mol. The Morgan fingerprint density at radius 1 is 0.538 bits per heavy atom. The van der Waals surface area contributed by atoms with Gasteiger partial charge in [-0.1, -0.05) is 198 Å². The summed E-state index contributed by atoms with van der Waals surface area (Å²) in [5.74, 6) is 0. The second-order valence-electron chi connectivity index (χ2n) is 18.6. The lowest BCUT2D eigenvalue weighted by Crippen LogP contribution is -2.26. The molecule has 0 fully saturated rings. The second kappa shape index (κ2) is 16.9. The topological polar surface area (TPSA) is 16.4 Å². The SMILES string of the molecule is C\C=C1/C(=C\C(=C\C)C(C)(C)c2cccc(-c3cccc4c3oc3ccccc34)c2)c2ccc(N(c3ccc(-c4ccccc4)cc3)c3ccc(-c4ccccc4)cc3)cc2CC1(C)C. The number of fused-ring (bicyclic) bond motifs is 4. The first-order valence-corrected chi connectivity index (χ1v) is 22.9. The maximum atomic E-state index is 6.50. The molecule has 10 rings (SSSR count). The summed E-state index contributed by atoms with van der Waals surface area (Å²) in [6, 6.07) is 70.2. The van der Waals surface area contributed by atoms with Crippen LogP contribution in [0.25, 0.3) is 60.9 Å². The Hall–Kier alpha value is -7.42. The van der Waals surface area contributed by atoms with E-state index < -0.39 is 0 Å². The monoisotopic (exact) mass is 841 g/mol. The van der Waals surface area contributed by atoms with Gasteiger partial charge in [0, 0.05) is 38.8 Å². The minimum absolute atomic E-state index is 0.0835. The van der Waals surface area contributed by atoms with Gasteiger partial charge in [0.1, 0.15) is 11.2 Å². The fourth-order valence-corrected chi connectivity index (χ4v) is 10.2. The van der Waals surface area contributed by atoms with Crippen LogP contribution in [-0.2, 0) is 11.8 Å². The fraction of sp³-hybridized carbons (Fsp3) is 0.143. The molecule has 65 heavy (non-hydrogen) atoms. The molecule has 1 aliphatic rings. The van der Waals surface area contributed by atoms with E-state index in [1.165, 1.54) is 55.7 Å². The molecule has 0 aliphatic heterocycles. The summed E-state index contributed by atoms with van der Waals surface area (Å²) >= 11 is 0. The van der Waals surface area contributed by atoms with E-state index >= 15 is 0 Å². The van der Waals surface area contributed by atoms with Crippen LogP contribution in [0.4, 0.5) is 17.1 Å². The van der Waals surface area contributed by atoms with Crippen LogP contribution in [0.2, 0.25) is 0 Å². The van der Waals surface area contributed by atoms with Crippen LogP contribution < -0.4 is 4.90 Å². The van der Waals surface area contributed by atoms with E-state index in [9.17, 15) is 0 Å². The molecule has 0 saturated heterocycles. The van der Waals surface area contributed by atoms with E-state index in [2.05, 4.69) is 253 Å². The summed E-state index contributed by atoms with van der Waals surface area (Å²) in [4.78, 5) is 2.41. The zero-order valence-corrected chi connectivity index (χ0v) is 38.3. The molecular weight excluding hydrogens is 787 g/mol. The van der Waals surface area contributed by atoms with Crippen LogP contribution in [0, 0.1) is 5.41 Å². The van der Waals surface area contributed by atoms with Crippen molar-refractivity contribution in [2.75, 3.05) is 4.90 Å². The molecule has 1 heterocycles. The molecule has 0 atom stereocenters. The summed E-state index contributed by atoms with van der Waals surface area (Å²) in [7, 11) is 0. The first-order chi connectivity index (χ1) is 31.6. The standard InChI is InChI=1S/C63H55NO/c1-7-49(63(5,6)50-24-17-23-47(39-50)55-26-18-27-57-56-25-15-16-28-60(56)65-61(55)57)41-58-54-38-37-53(40-48(54)42-62(3,4)59(58)8-2)64(51-33-29-45(30-34-51)43-19-11-9-12-20-43)52-35-31-46(32-36-52)44-21-13-10-14-22-44/h7-41H,42H2,1-6H3/b49-7-,58-41-,59-8+. The van der Waals surface area contributed by atoms with Crippen molar-refractivity contribution in [1.82, 2.24) is 0 Å². The normalized spacial score (nSPS) is 15.1. The van der Waals surface area contributed by atoms with Gasteiger partial charge < -0.3 is 9.32 Å². The van der Waals surface area contributed by atoms with Gasteiger partial charge in [-0.25, -0.2) is 0 Å². The molecule has 0 spiro atoms. The molecule has 0 bridgehead atoms. The number of nitrogens with zero attached hydrogens (tertiary/aromatic N) is 1. The summed E-state index contributed by atoms with van der Waals surface area (Å²) in [6.45, 7) is 13.9. The lowest BCUT2D eigenvalue weighted by atomic mass is 9.66. The van der Waals surface area contributed by atoms with Crippen LogP contribution >= 0.6 is 0 Å². The highest BCUT2D eigenvalue weighted by Crippen LogP contribution is 2.50. The number of furan rings is 1. The van der Waals surface area contributed by atoms with Crippen molar-refractivity contribution in [3.8, 4) is 33.4 Å². The van der Waals surface area contributed by atoms with Gasteiger partial charge >= 0.3 is 0 Å². The van der Waals surface area contributed by atoms with Gasteiger partial charge in [0.25, 0.3) is 0 Å². The van der Waals surface area contributed by atoms with Crippen LogP contribution in [0.5, 0.6) is 0 Å². The van der Waals surface area contributed by atoms with Gasteiger partial charge in [-0.05, 0) is 129 Å². The number of benzene rings is 8. The Kier molecular flexibility index (Phi) is 10.8. The van der Waals surface area contributed by atoms with Crippen molar-refractivity contribution in [2.24, 2.45) is 5.41 Å². The number of hydrogen-bond donors (Lipinski definition) is 0. The van der Waals surface area contributed by atoms with Crippen molar-refractivity contribution >= 4 is 44.6 Å². The Morgan fingerprint density at radius 2 is 1.09 bits per heavy atom. The third kappa shape index (κ3) is 7.74. The van der Waals surface area contributed by atoms with Crippen molar-refractivity contribution in [1.29, 1.82) is 0 Å². The first kappa shape index (κ1) is 41.6. The van der Waals surface area contributed by atoms with Gasteiger partial charge in [-0.15, -0.1) is 0 Å². The number of allylic oxidation sites excluding steroid dienone is 6. The maximum Gasteiger partial charge on any atom is 0.143 e. The highest BCUT2D eigenvalue weighted by Gasteiger charge is 2.35. The molecule has 2 heteroatoms. The quantitative estimate of drug-likeness (QED) is 0.144. The zero-order chi connectivity index (χ0) is 44.7. The van der Waals surface area contributed by atoms with E-state index in [0.717, 1.165) is 56.5 Å². The van der Waals surface area contributed by atoms with Crippen LogP contribution in [0.15, 0.2) is 228 Å². The molecule has 8 aromatic carbocycles. The van der Waals surface area contributed by atoms with E-state index in [4.69, 9.17) is 4.42 Å². The predicted octanol–water partition coefficient (Wildman–Crippen LogP) is 17.9. The minimum Gasteiger partial charge on any atom is -0.455 e. The Bertz CT molecular complexity index is 3180. The lowest BCUT2D eigenvalue weighted by Gasteiger charge is -2.38. The molecule has 1 aromatic heterocycles. The molecule has 9 aromatic rings. The molecular formula is C63H55NO. The highest BCUT2D eigenvalue weighted by molar-refractivity contribution is 6.09. The number of anilines is 3. The van der Waals surface area contributed by atoms with Gasteiger partial charge in [-0.2, -0.15) is 0 Å². The number of rotatable bonds is 9. The first-order valence-electron chi connectivity index (χ1n) is 22.9. The lowest BCUT2D eigenvalue weighted by molar-refractivity contribution is 0.448. The van der Waals surface area contributed by atoms with Crippen molar-refractivity contribution in [3.05, 3.63) is 240 Å². The number of para-hydroxylation sites is 2. The van der Waals surface area contributed by atoms with Gasteiger partial charge in [0.15, 0.2) is 0 Å². The van der Waals surface area contributed by atoms with E-state index in [-0.39, 0.29) is 10.8 Å². The fourth-order valence-electron chi connectivity index (χ4n) is 10.2. The Labute approximate surface area is 384 Å². The smallest absolute Gasteiger partial charge is 0.143 e. The third-order valence-electron chi connectivity index (χ3n) is 13.7. The number of hydrogen-bond acceptors (Lipinski definition) is 2. The average molecular weight is 842 g/mol. The summed E-state index contributed by atoms with van der Waals surface area (Å²) in [5.41, 5.74) is 19.8. The van der Waals surface area contributed by atoms with E-state index in [0.29, 0.717) is 0 Å². The molecule has 0 N–H and O–H groups in total. The third-order valence-corrected chi connectivity index (χ3v) is 13.7. The Morgan fingerprint density at radius 3 is 1.72 bits per heavy atom. The molecule has 0 saturated carbocycles. The molecule has 1 aliphatic carbocycles. The minimum atomic E-state index is -0.297. The van der Waals surface area contributed by atoms with Crippen LogP contribution in [0.1, 0.15) is 58.2 Å². The highest BCUT2D eigenvalue weighted by atomic mass is 16.3. The Balaban J connectivity index is 1.04. The molecule has 0 radical (unpaired) electrons. The molecule has 2 nitrogen and oxygen atoms in total. The van der Waals surface area contributed by atoms with Crippen LogP contribution in [-0.4, -0.2) is 0 Å². The van der Waals surface area contributed by atoms with Gasteiger partial charge in [0.2, 0.25) is 0 Å². The molecule has 0 unspecified atom stereocenters. The summed E-state index contributed by atoms with van der Waals surface area (Å²) in [6.07, 6.45) is 8.06. The van der Waals surface area contributed by atoms with Gasteiger partial charge in [0.05, 0.1) is 0 Å². The van der Waals surface area contributed by atoms with E-state index in [1.54, 1.807) is 0 Å². The van der Waals surface area contributed by atoms with Crippen molar-refractivity contribution in [3.63, 3.8) is 0 Å². The average Bonchev–Trinajstić information content (AvgIpc) is 3.73. The second-order valence-corrected chi connectivity index (χ2v) is 18.6. The van der Waals surface area contributed by atoms with Crippen molar-refractivity contribution in [2.45, 2.75) is 53.4 Å². The molecule has 318 valence electrons. The van der Waals surface area contributed by atoms with Gasteiger partial charge in [-0.3, -0.25) is 0 Å². The molecule has 0 amide bonds.